The number of hydrogen-bond donors (Lipinski definition) is 1. The molecule has 2 bridgehead atoms. The average molecular weight is 533 g/mol. The molecule has 0 unspecified atom stereocenters. The number of halogens is 1. The molecule has 0 spiro atoms. The molecule has 2 aliphatic rings. The van der Waals surface area contributed by atoms with Crippen LogP contribution in [0.5, 0.6) is 5.75 Å². The highest BCUT2D eigenvalue weighted by molar-refractivity contribution is 9.08. The smallest absolute Gasteiger partial charge is 0.316 e. The number of fused-ring (bicyclic) bond motifs is 2. The molecule has 186 valence electrons. The Labute approximate surface area is 212 Å². The average Bonchev–Trinajstić information content (AvgIpc) is 3.06. The van der Waals surface area contributed by atoms with Gasteiger partial charge in [0, 0.05) is 23.0 Å². The van der Waals surface area contributed by atoms with Crippen molar-refractivity contribution < 1.29 is 19.4 Å². The van der Waals surface area contributed by atoms with E-state index >= 15 is 0 Å². The third-order valence-electron chi connectivity index (χ3n) is 6.88. The second-order valence-corrected chi connectivity index (χ2v) is 9.73. The van der Waals surface area contributed by atoms with Gasteiger partial charge in [-0.25, -0.2) is 0 Å². The summed E-state index contributed by atoms with van der Waals surface area (Å²) >= 11 is 3.44. The molecule has 0 radical (unpaired) electrons. The minimum absolute atomic E-state index is 0.00367. The first-order valence-corrected chi connectivity index (χ1v) is 13.5. The van der Waals surface area contributed by atoms with Crippen molar-refractivity contribution in [1.82, 2.24) is 4.90 Å². The molecule has 0 saturated carbocycles. The standard InChI is InChI=1S/C17H23NO3.C11H15BrO/c1-18-13-7-8-14(18)10-15(9-13)21-17(20)16(11-19)12-5-3-2-4-6-12;1-2-3-8-13-11-7-5-4-6-10(11)9-12/h2-6,13-16,19H,7-11H2,1H3;4-7H,2-3,8-9H2,1H3/t13-,14+,15+,16-;/m1./s1. The maximum Gasteiger partial charge on any atom is 0.316 e. The molecule has 6 heteroatoms. The monoisotopic (exact) mass is 531 g/mol. The summed E-state index contributed by atoms with van der Waals surface area (Å²) in [4.78, 5) is 14.8. The predicted octanol–water partition coefficient (Wildman–Crippen LogP) is 5.69. The number of aliphatic hydroxyl groups is 1. The Morgan fingerprint density at radius 2 is 1.74 bits per heavy atom. The molecular formula is C28H38BrNO4. The lowest BCUT2D eigenvalue weighted by Gasteiger charge is -2.36. The Morgan fingerprint density at radius 3 is 2.35 bits per heavy atom. The Hall–Kier alpha value is -1.89. The van der Waals surface area contributed by atoms with E-state index in [0.717, 1.165) is 42.5 Å². The zero-order valence-corrected chi connectivity index (χ0v) is 22.0. The Kier molecular flexibility index (Phi) is 10.9. The van der Waals surface area contributed by atoms with Gasteiger partial charge in [-0.15, -0.1) is 0 Å². The van der Waals surface area contributed by atoms with Gasteiger partial charge in [0.15, 0.2) is 0 Å². The molecule has 2 fully saturated rings. The van der Waals surface area contributed by atoms with Gasteiger partial charge in [-0.05, 0) is 50.8 Å². The number of aliphatic hydroxyl groups excluding tert-OH is 1. The summed E-state index contributed by atoms with van der Waals surface area (Å²) < 4.78 is 11.3. The first-order chi connectivity index (χ1) is 16.6. The molecule has 2 aromatic rings. The number of esters is 1. The lowest BCUT2D eigenvalue weighted by molar-refractivity contribution is -0.155. The first-order valence-electron chi connectivity index (χ1n) is 12.4. The van der Waals surface area contributed by atoms with Crippen LogP contribution in [-0.2, 0) is 14.9 Å². The van der Waals surface area contributed by atoms with Crippen LogP contribution in [0.25, 0.3) is 0 Å². The summed E-state index contributed by atoms with van der Waals surface area (Å²) in [6.45, 7) is 2.78. The van der Waals surface area contributed by atoms with Crippen molar-refractivity contribution >= 4 is 21.9 Å². The molecule has 4 atom stereocenters. The van der Waals surface area contributed by atoms with Gasteiger partial charge in [-0.1, -0.05) is 77.8 Å². The van der Waals surface area contributed by atoms with E-state index in [2.05, 4.69) is 40.9 Å². The number of alkyl halides is 1. The number of benzene rings is 2. The molecule has 5 nitrogen and oxygen atoms in total. The van der Waals surface area contributed by atoms with Gasteiger partial charge < -0.3 is 19.5 Å². The highest BCUT2D eigenvalue weighted by atomic mass is 79.9. The van der Waals surface area contributed by atoms with E-state index in [1.807, 2.05) is 48.5 Å². The molecule has 0 aromatic heterocycles. The van der Waals surface area contributed by atoms with Crippen molar-refractivity contribution in [3.63, 3.8) is 0 Å². The molecule has 2 aromatic carbocycles. The number of carbonyl (C=O) groups excluding carboxylic acids is 1. The number of hydrogen-bond acceptors (Lipinski definition) is 5. The van der Waals surface area contributed by atoms with Crippen LogP contribution in [0.15, 0.2) is 54.6 Å². The highest BCUT2D eigenvalue weighted by Crippen LogP contribution is 2.36. The highest BCUT2D eigenvalue weighted by Gasteiger charge is 2.40. The molecule has 0 aliphatic carbocycles. The summed E-state index contributed by atoms with van der Waals surface area (Å²) in [6.07, 6.45) is 6.56. The van der Waals surface area contributed by atoms with Crippen LogP contribution in [0.2, 0.25) is 0 Å². The van der Waals surface area contributed by atoms with Crippen LogP contribution >= 0.6 is 15.9 Å². The van der Waals surface area contributed by atoms with Gasteiger partial charge >= 0.3 is 5.97 Å². The fraction of sp³-hybridized carbons (Fsp3) is 0.536. The van der Waals surface area contributed by atoms with Gasteiger partial charge in [-0.2, -0.15) is 0 Å². The van der Waals surface area contributed by atoms with E-state index in [1.54, 1.807) is 0 Å². The third kappa shape index (κ3) is 7.30. The molecule has 0 amide bonds. The van der Waals surface area contributed by atoms with Crippen molar-refractivity contribution in [3.8, 4) is 5.75 Å². The fourth-order valence-electron chi connectivity index (χ4n) is 4.79. The Bertz CT molecular complexity index is 864. The zero-order chi connectivity index (χ0) is 24.3. The van der Waals surface area contributed by atoms with Crippen LogP contribution < -0.4 is 4.74 Å². The maximum atomic E-state index is 12.4. The zero-order valence-electron chi connectivity index (χ0n) is 20.4. The number of piperidine rings is 1. The molecule has 34 heavy (non-hydrogen) atoms. The van der Waals surface area contributed by atoms with Crippen molar-refractivity contribution in [1.29, 1.82) is 0 Å². The van der Waals surface area contributed by atoms with Crippen molar-refractivity contribution in [2.45, 2.75) is 74.9 Å². The molecule has 2 aliphatic heterocycles. The SMILES string of the molecule is CCCCOc1ccccc1CBr.CN1[C@@H]2CC[C@H]1C[C@@H](OC(=O)[C@H](CO)c1ccccc1)C2. The Balaban J connectivity index is 0.000000215. The fourth-order valence-corrected chi connectivity index (χ4v) is 5.25. The topological polar surface area (TPSA) is 59.0 Å². The minimum Gasteiger partial charge on any atom is -0.493 e. The second-order valence-electron chi connectivity index (χ2n) is 9.17. The molecule has 2 heterocycles. The molecule has 1 N–H and O–H groups in total. The summed E-state index contributed by atoms with van der Waals surface area (Å²) in [7, 11) is 2.17. The quantitative estimate of drug-likeness (QED) is 0.256. The van der Waals surface area contributed by atoms with Crippen LogP contribution in [0.4, 0.5) is 0 Å². The van der Waals surface area contributed by atoms with Gasteiger partial charge in [0.2, 0.25) is 0 Å². The number of para-hydroxylation sites is 1. The van der Waals surface area contributed by atoms with E-state index in [0.29, 0.717) is 12.1 Å². The van der Waals surface area contributed by atoms with Gasteiger partial charge in [0.25, 0.3) is 0 Å². The van der Waals surface area contributed by atoms with Crippen molar-refractivity contribution in [2.75, 3.05) is 20.3 Å². The molecule has 4 rings (SSSR count). The van der Waals surface area contributed by atoms with Crippen LogP contribution in [-0.4, -0.2) is 54.4 Å². The van der Waals surface area contributed by atoms with Crippen LogP contribution in [0.1, 0.15) is 62.5 Å². The summed E-state index contributed by atoms with van der Waals surface area (Å²) in [6, 6.07) is 18.6. The molecule has 2 saturated heterocycles. The number of nitrogens with zero attached hydrogens (tertiary/aromatic N) is 1. The summed E-state index contributed by atoms with van der Waals surface area (Å²) in [5, 5.41) is 10.4. The molecular weight excluding hydrogens is 494 g/mol. The van der Waals surface area contributed by atoms with E-state index in [-0.39, 0.29) is 18.7 Å². The first kappa shape index (κ1) is 26.7. The lowest BCUT2D eigenvalue weighted by Crippen LogP contribution is -2.43. The second kappa shape index (κ2) is 13.9. The van der Waals surface area contributed by atoms with Crippen LogP contribution in [0.3, 0.4) is 0 Å². The Morgan fingerprint density at radius 1 is 1.09 bits per heavy atom. The lowest BCUT2D eigenvalue weighted by atomic mass is 9.98. The van der Waals surface area contributed by atoms with E-state index in [9.17, 15) is 9.90 Å². The van der Waals surface area contributed by atoms with Gasteiger partial charge in [0.1, 0.15) is 17.8 Å². The number of unbranched alkanes of at least 4 members (excludes halogenated alkanes) is 1. The van der Waals surface area contributed by atoms with E-state index in [1.165, 1.54) is 24.8 Å². The van der Waals surface area contributed by atoms with Crippen molar-refractivity contribution in [3.05, 3.63) is 65.7 Å². The number of carbonyl (C=O) groups is 1. The summed E-state index contributed by atoms with van der Waals surface area (Å²) in [5.41, 5.74) is 2.04. The van der Waals surface area contributed by atoms with E-state index < -0.39 is 5.92 Å². The predicted molar refractivity (Wildman–Crippen MR) is 139 cm³/mol. The van der Waals surface area contributed by atoms with E-state index in [4.69, 9.17) is 9.47 Å². The summed E-state index contributed by atoms with van der Waals surface area (Å²) in [5.74, 6) is 0.147. The number of ether oxygens (including phenoxy) is 2. The maximum absolute atomic E-state index is 12.4. The minimum atomic E-state index is -0.566. The third-order valence-corrected chi connectivity index (χ3v) is 7.48. The number of rotatable bonds is 9. The normalized spacial score (nSPS) is 22.4. The van der Waals surface area contributed by atoms with Crippen LogP contribution in [0, 0.1) is 0 Å². The largest absolute Gasteiger partial charge is 0.493 e. The van der Waals surface area contributed by atoms with Crippen molar-refractivity contribution in [2.24, 2.45) is 0 Å². The van der Waals surface area contributed by atoms with Gasteiger partial charge in [-0.3, -0.25) is 4.79 Å². The van der Waals surface area contributed by atoms with Gasteiger partial charge in [0.05, 0.1) is 13.2 Å².